The number of carboxylic acid groups (broad SMARTS) is 1. The average Bonchev–Trinajstić information content (AvgIpc) is 3.27. The number of morpholine rings is 1. The maximum absolute atomic E-state index is 12.2. The number of nitrogens with zero attached hydrogens (tertiary/aromatic N) is 3. The van der Waals surface area contributed by atoms with Gasteiger partial charge in [-0.15, -0.1) is 0 Å². The van der Waals surface area contributed by atoms with E-state index in [1.165, 1.54) is 4.90 Å². The van der Waals surface area contributed by atoms with Crippen LogP contribution in [0.1, 0.15) is 43.3 Å². The molecule has 1 atom stereocenters. The van der Waals surface area contributed by atoms with E-state index in [0.717, 1.165) is 18.7 Å². The summed E-state index contributed by atoms with van der Waals surface area (Å²) in [5.74, 6) is 0.562. The molecular formula is C14H19N3O5. The number of rotatable bonds is 6. The number of hydrogen-bond donors (Lipinski definition) is 1. The quantitative estimate of drug-likeness (QED) is 0.819. The van der Waals surface area contributed by atoms with Gasteiger partial charge in [-0.3, -0.25) is 4.79 Å². The molecule has 1 aromatic heterocycles. The molecule has 1 aromatic rings. The Kier molecular flexibility index (Phi) is 4.37. The van der Waals surface area contributed by atoms with Gasteiger partial charge >= 0.3 is 5.97 Å². The van der Waals surface area contributed by atoms with Gasteiger partial charge in [0.25, 0.3) is 0 Å². The van der Waals surface area contributed by atoms with E-state index in [9.17, 15) is 9.59 Å². The molecule has 0 spiro atoms. The highest BCUT2D eigenvalue weighted by molar-refractivity contribution is 5.83. The number of carboxylic acids is 1. The third-order valence-corrected chi connectivity index (χ3v) is 3.94. The fourth-order valence-electron chi connectivity index (χ4n) is 2.52. The second-order valence-corrected chi connectivity index (χ2v) is 5.69. The van der Waals surface area contributed by atoms with E-state index in [4.69, 9.17) is 14.4 Å². The molecule has 8 heteroatoms. The van der Waals surface area contributed by atoms with Gasteiger partial charge in [-0.2, -0.15) is 4.98 Å². The lowest BCUT2D eigenvalue weighted by molar-refractivity contribution is -0.158. The molecule has 0 unspecified atom stereocenters. The van der Waals surface area contributed by atoms with Crippen molar-refractivity contribution < 1.29 is 24.0 Å². The summed E-state index contributed by atoms with van der Waals surface area (Å²) in [6.07, 6.45) is 3.60. The van der Waals surface area contributed by atoms with Crippen LogP contribution in [0.25, 0.3) is 0 Å². The van der Waals surface area contributed by atoms with Crippen molar-refractivity contribution in [2.75, 3.05) is 19.8 Å². The van der Waals surface area contributed by atoms with E-state index in [0.29, 0.717) is 37.8 Å². The van der Waals surface area contributed by atoms with Gasteiger partial charge in [-0.05, 0) is 19.3 Å². The van der Waals surface area contributed by atoms with Crippen LogP contribution in [0.15, 0.2) is 4.52 Å². The minimum absolute atomic E-state index is 0.0511. The molecule has 0 bridgehead atoms. The molecule has 2 heterocycles. The van der Waals surface area contributed by atoms with E-state index in [2.05, 4.69) is 10.1 Å². The normalized spacial score (nSPS) is 21.8. The lowest BCUT2D eigenvalue weighted by Gasteiger charge is -2.32. The molecular weight excluding hydrogens is 290 g/mol. The zero-order valence-electron chi connectivity index (χ0n) is 12.2. The molecule has 2 fully saturated rings. The topological polar surface area (TPSA) is 106 Å². The number of aliphatic carboxylic acids is 1. The van der Waals surface area contributed by atoms with Crippen LogP contribution in [0.4, 0.5) is 0 Å². The largest absolute Gasteiger partial charge is 0.480 e. The second kappa shape index (κ2) is 6.43. The lowest BCUT2D eigenvalue weighted by atomic mass is 10.1. The predicted octanol–water partition coefficient (Wildman–Crippen LogP) is 0.582. The summed E-state index contributed by atoms with van der Waals surface area (Å²) in [7, 11) is 0. The molecule has 0 aromatic carbocycles. The van der Waals surface area contributed by atoms with Crippen molar-refractivity contribution in [1.82, 2.24) is 15.0 Å². The first kappa shape index (κ1) is 15.0. The summed E-state index contributed by atoms with van der Waals surface area (Å²) < 4.78 is 10.3. The third kappa shape index (κ3) is 3.44. The Morgan fingerprint density at radius 2 is 2.18 bits per heavy atom. The Labute approximate surface area is 127 Å². The van der Waals surface area contributed by atoms with Gasteiger partial charge in [0.2, 0.25) is 11.8 Å². The minimum atomic E-state index is -1.03. The first-order valence-electron chi connectivity index (χ1n) is 7.57. The van der Waals surface area contributed by atoms with Crippen LogP contribution in [0, 0.1) is 0 Å². The number of ether oxygens (including phenoxy) is 1. The Morgan fingerprint density at radius 3 is 2.91 bits per heavy atom. The molecule has 2 aliphatic rings. The van der Waals surface area contributed by atoms with Gasteiger partial charge in [0, 0.05) is 25.3 Å². The van der Waals surface area contributed by atoms with Crippen molar-refractivity contribution >= 4 is 11.9 Å². The Bertz CT molecular complexity index is 554. The monoisotopic (exact) mass is 309 g/mol. The van der Waals surface area contributed by atoms with Gasteiger partial charge in [0.1, 0.15) is 0 Å². The molecule has 1 saturated carbocycles. The van der Waals surface area contributed by atoms with Crippen LogP contribution in [0.3, 0.4) is 0 Å². The summed E-state index contributed by atoms with van der Waals surface area (Å²) in [5.41, 5.74) is 0. The molecule has 3 rings (SSSR count). The molecule has 1 aliphatic heterocycles. The number of carbonyl (C=O) groups is 2. The van der Waals surface area contributed by atoms with Crippen molar-refractivity contribution in [3.05, 3.63) is 11.7 Å². The van der Waals surface area contributed by atoms with Gasteiger partial charge < -0.3 is 19.3 Å². The van der Waals surface area contributed by atoms with E-state index < -0.39 is 12.0 Å². The molecule has 0 radical (unpaired) electrons. The predicted molar refractivity (Wildman–Crippen MR) is 73.2 cm³/mol. The zero-order chi connectivity index (χ0) is 15.5. The molecule has 1 amide bonds. The summed E-state index contributed by atoms with van der Waals surface area (Å²) in [6.45, 7) is 0.752. The van der Waals surface area contributed by atoms with Crippen LogP contribution in [0.5, 0.6) is 0 Å². The second-order valence-electron chi connectivity index (χ2n) is 5.69. The number of aryl methyl sites for hydroxylation is 1. The van der Waals surface area contributed by atoms with E-state index in [1.54, 1.807) is 0 Å². The van der Waals surface area contributed by atoms with Gasteiger partial charge in [0.05, 0.1) is 13.2 Å². The molecule has 1 saturated heterocycles. The minimum Gasteiger partial charge on any atom is -0.480 e. The van der Waals surface area contributed by atoms with Gasteiger partial charge in [0.15, 0.2) is 11.9 Å². The fourth-order valence-corrected chi connectivity index (χ4v) is 2.52. The first-order valence-corrected chi connectivity index (χ1v) is 7.57. The Hall–Kier alpha value is -1.96. The third-order valence-electron chi connectivity index (χ3n) is 3.94. The van der Waals surface area contributed by atoms with Crippen LogP contribution in [-0.4, -0.2) is 57.8 Å². The van der Waals surface area contributed by atoms with E-state index in [-0.39, 0.29) is 18.9 Å². The SMILES string of the molecule is O=C(O)[C@@H]1COCCN1C(=O)CCCc1nc(C2CC2)no1. The van der Waals surface area contributed by atoms with Crippen molar-refractivity contribution in [2.45, 2.75) is 44.1 Å². The van der Waals surface area contributed by atoms with Gasteiger partial charge in [-0.1, -0.05) is 5.16 Å². The maximum Gasteiger partial charge on any atom is 0.328 e. The summed E-state index contributed by atoms with van der Waals surface area (Å²) in [4.78, 5) is 29.0. The molecule has 8 nitrogen and oxygen atoms in total. The number of hydrogen-bond acceptors (Lipinski definition) is 6. The summed E-state index contributed by atoms with van der Waals surface area (Å²) in [5, 5.41) is 13.0. The van der Waals surface area contributed by atoms with Crippen molar-refractivity contribution in [3.63, 3.8) is 0 Å². The van der Waals surface area contributed by atoms with Crippen molar-refractivity contribution in [1.29, 1.82) is 0 Å². The Morgan fingerprint density at radius 1 is 1.36 bits per heavy atom. The van der Waals surface area contributed by atoms with Crippen LogP contribution >= 0.6 is 0 Å². The zero-order valence-corrected chi connectivity index (χ0v) is 12.2. The van der Waals surface area contributed by atoms with Gasteiger partial charge in [-0.25, -0.2) is 4.79 Å². The molecule has 120 valence electrons. The van der Waals surface area contributed by atoms with Crippen molar-refractivity contribution in [3.8, 4) is 0 Å². The maximum atomic E-state index is 12.2. The smallest absolute Gasteiger partial charge is 0.328 e. The average molecular weight is 309 g/mol. The first-order chi connectivity index (χ1) is 10.6. The van der Waals surface area contributed by atoms with Crippen LogP contribution in [0.2, 0.25) is 0 Å². The highest BCUT2D eigenvalue weighted by atomic mass is 16.5. The lowest BCUT2D eigenvalue weighted by Crippen LogP contribution is -2.52. The highest BCUT2D eigenvalue weighted by Gasteiger charge is 2.32. The molecule has 1 aliphatic carbocycles. The summed E-state index contributed by atoms with van der Waals surface area (Å²) >= 11 is 0. The standard InChI is InChI=1S/C14H19N3O5/c18-12(17-6-7-21-8-10(17)14(19)20)3-1-2-11-15-13(16-22-11)9-4-5-9/h9-10H,1-8H2,(H,19,20)/t10-/m0/s1. The van der Waals surface area contributed by atoms with E-state index >= 15 is 0 Å². The molecule has 22 heavy (non-hydrogen) atoms. The van der Waals surface area contributed by atoms with E-state index in [1.807, 2.05) is 0 Å². The van der Waals surface area contributed by atoms with Crippen LogP contribution < -0.4 is 0 Å². The molecule has 1 N–H and O–H groups in total. The summed E-state index contributed by atoms with van der Waals surface area (Å²) in [6, 6.07) is -0.883. The Balaban J connectivity index is 1.47. The van der Waals surface area contributed by atoms with Crippen molar-refractivity contribution in [2.24, 2.45) is 0 Å². The highest BCUT2D eigenvalue weighted by Crippen LogP contribution is 2.38. The van der Waals surface area contributed by atoms with Crippen LogP contribution in [-0.2, 0) is 20.7 Å². The number of aromatic nitrogens is 2. The number of amides is 1. The fraction of sp³-hybridized carbons (Fsp3) is 0.714. The number of carbonyl (C=O) groups excluding carboxylic acids is 1.